The van der Waals surface area contributed by atoms with E-state index in [0.717, 1.165) is 18.4 Å². The van der Waals surface area contributed by atoms with Gasteiger partial charge in [-0.25, -0.2) is 0 Å². The first-order valence-electron chi connectivity index (χ1n) is 7.51. The predicted molar refractivity (Wildman–Crippen MR) is 82.1 cm³/mol. The van der Waals surface area contributed by atoms with Crippen molar-refractivity contribution in [2.75, 3.05) is 13.2 Å². The van der Waals surface area contributed by atoms with Gasteiger partial charge in [-0.2, -0.15) is 0 Å². The second-order valence-corrected chi connectivity index (χ2v) is 5.71. The third-order valence-electron chi connectivity index (χ3n) is 4.55. The minimum Gasteiger partial charge on any atom is -0.392 e. The van der Waals surface area contributed by atoms with E-state index in [4.69, 9.17) is 4.74 Å². The van der Waals surface area contributed by atoms with Gasteiger partial charge in [-0.15, -0.1) is 0 Å². The Morgan fingerprint density at radius 3 is 2.38 bits per heavy atom. The van der Waals surface area contributed by atoms with Gasteiger partial charge in [-0.05, 0) is 42.5 Å². The SMILES string of the molecule is OC(Cc1ccncc1)C1(c2ccccc2)CCOCC1. The van der Waals surface area contributed by atoms with Crippen LogP contribution in [-0.2, 0) is 16.6 Å². The summed E-state index contributed by atoms with van der Waals surface area (Å²) in [4.78, 5) is 4.04. The highest BCUT2D eigenvalue weighted by Gasteiger charge is 2.40. The molecule has 0 spiro atoms. The van der Waals surface area contributed by atoms with Crippen LogP contribution < -0.4 is 0 Å². The van der Waals surface area contributed by atoms with Gasteiger partial charge in [0.15, 0.2) is 0 Å². The van der Waals surface area contributed by atoms with Crippen molar-refractivity contribution in [3.05, 3.63) is 66.0 Å². The molecule has 1 aliphatic rings. The molecule has 0 saturated carbocycles. The molecular weight excluding hydrogens is 262 g/mol. The van der Waals surface area contributed by atoms with Crippen molar-refractivity contribution in [3.63, 3.8) is 0 Å². The molecule has 0 bridgehead atoms. The number of pyridine rings is 1. The van der Waals surface area contributed by atoms with Crippen molar-refractivity contribution >= 4 is 0 Å². The fourth-order valence-electron chi connectivity index (χ4n) is 3.26. The molecule has 1 aromatic carbocycles. The largest absolute Gasteiger partial charge is 0.392 e. The van der Waals surface area contributed by atoms with Crippen LogP contribution in [0.4, 0.5) is 0 Å². The highest BCUT2D eigenvalue weighted by molar-refractivity contribution is 5.29. The number of hydrogen-bond donors (Lipinski definition) is 1. The Morgan fingerprint density at radius 2 is 1.71 bits per heavy atom. The Labute approximate surface area is 125 Å². The maximum Gasteiger partial charge on any atom is 0.0678 e. The summed E-state index contributed by atoms with van der Waals surface area (Å²) in [5.74, 6) is 0. The normalized spacial score (nSPS) is 19.1. The molecule has 2 aromatic rings. The zero-order valence-electron chi connectivity index (χ0n) is 12.1. The summed E-state index contributed by atoms with van der Waals surface area (Å²) < 4.78 is 5.53. The van der Waals surface area contributed by atoms with Gasteiger partial charge in [0.1, 0.15) is 0 Å². The third-order valence-corrected chi connectivity index (χ3v) is 4.55. The third kappa shape index (κ3) is 2.99. The van der Waals surface area contributed by atoms with Gasteiger partial charge < -0.3 is 9.84 Å². The molecule has 1 atom stereocenters. The standard InChI is InChI=1S/C18H21NO2/c20-17(14-15-6-10-19-11-7-15)18(8-12-21-13-9-18)16-4-2-1-3-5-16/h1-7,10-11,17,20H,8-9,12-14H2. The Hall–Kier alpha value is -1.71. The quantitative estimate of drug-likeness (QED) is 0.938. The van der Waals surface area contributed by atoms with E-state index in [1.807, 2.05) is 30.3 Å². The molecule has 0 amide bonds. The van der Waals surface area contributed by atoms with Crippen LogP contribution >= 0.6 is 0 Å². The Morgan fingerprint density at radius 1 is 1.05 bits per heavy atom. The van der Waals surface area contributed by atoms with Crippen molar-refractivity contribution in [2.45, 2.75) is 30.8 Å². The average molecular weight is 283 g/mol. The van der Waals surface area contributed by atoms with E-state index in [1.165, 1.54) is 5.56 Å². The number of aromatic nitrogens is 1. The first-order chi connectivity index (χ1) is 10.3. The van der Waals surface area contributed by atoms with E-state index in [1.54, 1.807) is 12.4 Å². The van der Waals surface area contributed by atoms with Crippen molar-refractivity contribution in [1.82, 2.24) is 4.98 Å². The maximum atomic E-state index is 11.0. The number of benzene rings is 1. The molecule has 1 aliphatic heterocycles. The van der Waals surface area contributed by atoms with Crippen LogP contribution in [0, 0.1) is 0 Å². The molecular formula is C18H21NO2. The molecule has 21 heavy (non-hydrogen) atoms. The Balaban J connectivity index is 1.88. The van der Waals surface area contributed by atoms with Gasteiger partial charge >= 0.3 is 0 Å². The molecule has 1 saturated heterocycles. The van der Waals surface area contributed by atoms with Crippen molar-refractivity contribution in [2.24, 2.45) is 0 Å². The van der Waals surface area contributed by atoms with Crippen LogP contribution in [0.25, 0.3) is 0 Å². The lowest BCUT2D eigenvalue weighted by Gasteiger charge is -2.41. The fraction of sp³-hybridized carbons (Fsp3) is 0.389. The molecule has 1 fully saturated rings. The van der Waals surface area contributed by atoms with Crippen LogP contribution in [0.5, 0.6) is 0 Å². The first kappa shape index (κ1) is 14.2. The number of aliphatic hydroxyl groups is 1. The second kappa shape index (κ2) is 6.37. The summed E-state index contributed by atoms with van der Waals surface area (Å²) in [6.07, 6.45) is 5.53. The summed E-state index contributed by atoms with van der Waals surface area (Å²) in [6.45, 7) is 1.42. The minimum atomic E-state index is -0.411. The van der Waals surface area contributed by atoms with E-state index >= 15 is 0 Å². The zero-order valence-corrected chi connectivity index (χ0v) is 12.1. The molecule has 3 heteroatoms. The van der Waals surface area contributed by atoms with Crippen molar-refractivity contribution in [3.8, 4) is 0 Å². The Kier molecular flexibility index (Phi) is 4.32. The van der Waals surface area contributed by atoms with Gasteiger partial charge in [0.05, 0.1) is 6.10 Å². The van der Waals surface area contributed by atoms with E-state index in [0.29, 0.717) is 19.6 Å². The van der Waals surface area contributed by atoms with Gasteiger partial charge in [0.25, 0.3) is 0 Å². The molecule has 3 nitrogen and oxygen atoms in total. The topological polar surface area (TPSA) is 42.4 Å². The maximum absolute atomic E-state index is 11.0. The highest BCUT2D eigenvalue weighted by atomic mass is 16.5. The van der Waals surface area contributed by atoms with E-state index in [2.05, 4.69) is 17.1 Å². The number of ether oxygens (including phenoxy) is 1. The molecule has 3 rings (SSSR count). The van der Waals surface area contributed by atoms with E-state index < -0.39 is 6.10 Å². The summed E-state index contributed by atoms with van der Waals surface area (Å²) in [6, 6.07) is 14.3. The number of hydrogen-bond acceptors (Lipinski definition) is 3. The predicted octanol–water partition coefficient (Wildman–Crippen LogP) is 2.73. The highest BCUT2D eigenvalue weighted by Crippen LogP contribution is 2.39. The molecule has 1 aromatic heterocycles. The van der Waals surface area contributed by atoms with Gasteiger partial charge in [-0.3, -0.25) is 4.98 Å². The van der Waals surface area contributed by atoms with Crippen LogP contribution in [0.15, 0.2) is 54.9 Å². The van der Waals surface area contributed by atoms with Crippen LogP contribution in [0.1, 0.15) is 24.0 Å². The van der Waals surface area contributed by atoms with E-state index in [9.17, 15) is 5.11 Å². The second-order valence-electron chi connectivity index (χ2n) is 5.71. The molecule has 0 aliphatic carbocycles. The first-order valence-corrected chi connectivity index (χ1v) is 7.51. The summed E-state index contributed by atoms with van der Waals surface area (Å²) in [5, 5.41) is 11.0. The lowest BCUT2D eigenvalue weighted by Crippen LogP contribution is -2.45. The summed E-state index contributed by atoms with van der Waals surface area (Å²) in [5.41, 5.74) is 2.14. The molecule has 1 N–H and O–H groups in total. The fourth-order valence-corrected chi connectivity index (χ4v) is 3.26. The van der Waals surface area contributed by atoms with Crippen molar-refractivity contribution in [1.29, 1.82) is 0 Å². The lowest BCUT2D eigenvalue weighted by atomic mass is 9.68. The van der Waals surface area contributed by atoms with Crippen LogP contribution in [0.3, 0.4) is 0 Å². The summed E-state index contributed by atoms with van der Waals surface area (Å²) in [7, 11) is 0. The lowest BCUT2D eigenvalue weighted by molar-refractivity contribution is -0.0154. The van der Waals surface area contributed by atoms with Crippen LogP contribution in [0.2, 0.25) is 0 Å². The van der Waals surface area contributed by atoms with Crippen molar-refractivity contribution < 1.29 is 9.84 Å². The smallest absolute Gasteiger partial charge is 0.0678 e. The number of rotatable bonds is 4. The summed E-state index contributed by atoms with van der Waals surface area (Å²) >= 11 is 0. The van der Waals surface area contributed by atoms with Gasteiger partial charge in [0.2, 0.25) is 0 Å². The number of aliphatic hydroxyl groups excluding tert-OH is 1. The zero-order chi connectivity index (χ0) is 14.5. The molecule has 1 unspecified atom stereocenters. The molecule has 2 heterocycles. The van der Waals surface area contributed by atoms with E-state index in [-0.39, 0.29) is 5.41 Å². The Bertz CT molecular complexity index is 550. The van der Waals surface area contributed by atoms with Crippen LogP contribution in [-0.4, -0.2) is 29.4 Å². The molecule has 110 valence electrons. The van der Waals surface area contributed by atoms with Gasteiger partial charge in [-0.1, -0.05) is 30.3 Å². The monoisotopic (exact) mass is 283 g/mol. The number of nitrogens with zero attached hydrogens (tertiary/aromatic N) is 1. The molecule has 0 radical (unpaired) electrons. The minimum absolute atomic E-state index is 0.206. The van der Waals surface area contributed by atoms with Gasteiger partial charge in [0, 0.05) is 31.0 Å². The average Bonchev–Trinajstić information content (AvgIpc) is 2.57.